The van der Waals surface area contributed by atoms with Gasteiger partial charge in [0, 0.05) is 41.5 Å². The van der Waals surface area contributed by atoms with Crippen LogP contribution >= 0.6 is 0 Å². The first-order valence-electron chi connectivity index (χ1n) is 20.5. The number of likely N-dealkylation sites (tertiary alicyclic amines) is 2. The number of methoxy groups -OCH3 is 1. The van der Waals surface area contributed by atoms with Crippen molar-refractivity contribution in [2.45, 2.75) is 102 Å². The van der Waals surface area contributed by atoms with E-state index in [0.29, 0.717) is 11.8 Å². The molecule has 2 aromatic heterocycles. The Hall–Kier alpha value is -5.84. The zero-order valence-electron chi connectivity index (χ0n) is 33.7. The van der Waals surface area contributed by atoms with E-state index >= 15 is 0 Å². The number of aromatic amines is 2. The zero-order chi connectivity index (χ0) is 40.7. The number of carbonyl (C=O) groups excluding carboxylic acids is 3. The fraction of sp³-hybridized carbons (Fsp3) is 0.500. The van der Waals surface area contributed by atoms with Gasteiger partial charge in [-0.05, 0) is 98.1 Å². The molecule has 0 unspecified atom stereocenters. The van der Waals surface area contributed by atoms with Gasteiger partial charge < -0.3 is 34.9 Å². The van der Waals surface area contributed by atoms with Crippen LogP contribution in [-0.2, 0) is 27.2 Å². The van der Waals surface area contributed by atoms with Crippen LogP contribution in [0.1, 0.15) is 99.5 Å². The fourth-order valence-corrected chi connectivity index (χ4v) is 9.83. The van der Waals surface area contributed by atoms with Crippen molar-refractivity contribution in [1.82, 2.24) is 40.0 Å². The number of likely N-dealkylation sites (N-methyl/N-ethyl adjacent to an activating group) is 1. The molecule has 4 fully saturated rings. The molecule has 4 heterocycles. The Kier molecular flexibility index (Phi) is 9.24. The molecule has 2 aliphatic heterocycles. The number of fused-ring (bicyclic) bond motifs is 6. The second-order valence-electron chi connectivity index (χ2n) is 17.5. The SMILES string of the molecule is COC(=O)N[C@H](C(=O)N1[C@@H]2C[C@@H]2C[C@H]1c1nc2c([nH]1)CCc1cc(C#Cc3ccc4nc([C@@H]5C[C@H]6C[C@H]6N5C(=O)[C@H](C(C)C)N(C)C(=O)O)[nH]c4c3)ccc1-2)C(C)C. The van der Waals surface area contributed by atoms with Crippen molar-refractivity contribution >= 4 is 35.0 Å². The molecule has 2 saturated heterocycles. The molecule has 5 aliphatic rings. The van der Waals surface area contributed by atoms with Crippen molar-refractivity contribution in [3.8, 4) is 23.1 Å². The minimum Gasteiger partial charge on any atom is -0.465 e. The molecular weight excluding hydrogens is 737 g/mol. The van der Waals surface area contributed by atoms with Crippen molar-refractivity contribution in [1.29, 1.82) is 0 Å². The minimum atomic E-state index is -1.12. The summed E-state index contributed by atoms with van der Waals surface area (Å²) >= 11 is 0. The quantitative estimate of drug-likeness (QED) is 0.162. The van der Waals surface area contributed by atoms with Gasteiger partial charge in [0.25, 0.3) is 0 Å². The molecule has 0 spiro atoms. The van der Waals surface area contributed by atoms with E-state index in [1.54, 1.807) is 0 Å². The Morgan fingerprint density at radius 2 is 1.48 bits per heavy atom. The van der Waals surface area contributed by atoms with Gasteiger partial charge in [-0.15, -0.1) is 0 Å². The van der Waals surface area contributed by atoms with E-state index in [4.69, 9.17) is 14.7 Å². The van der Waals surface area contributed by atoms with E-state index in [-0.39, 0.29) is 47.8 Å². The highest BCUT2D eigenvalue weighted by molar-refractivity contribution is 5.88. The van der Waals surface area contributed by atoms with Gasteiger partial charge in [0.15, 0.2) is 0 Å². The van der Waals surface area contributed by atoms with E-state index in [0.717, 1.165) is 94.2 Å². The number of imidazole rings is 2. The third kappa shape index (κ3) is 6.54. The van der Waals surface area contributed by atoms with Gasteiger partial charge in [0.05, 0.1) is 35.9 Å². The van der Waals surface area contributed by atoms with Gasteiger partial charge in [-0.1, -0.05) is 45.6 Å². The molecule has 14 nitrogen and oxygen atoms in total. The maximum absolute atomic E-state index is 13.9. The number of alkyl carbamates (subject to hydrolysis) is 1. The summed E-state index contributed by atoms with van der Waals surface area (Å²) in [6.45, 7) is 7.62. The largest absolute Gasteiger partial charge is 0.465 e. The maximum atomic E-state index is 13.9. The number of aryl methyl sites for hydroxylation is 2. The number of nitrogens with one attached hydrogen (secondary N) is 3. The van der Waals surface area contributed by atoms with Crippen LogP contribution in [0.25, 0.3) is 22.3 Å². The Morgan fingerprint density at radius 3 is 2.12 bits per heavy atom. The number of carboxylic acid groups (broad SMARTS) is 1. The van der Waals surface area contributed by atoms with Gasteiger partial charge in [-0.2, -0.15) is 0 Å². The second kappa shape index (κ2) is 14.2. The molecule has 0 radical (unpaired) electrons. The monoisotopic (exact) mass is 786 g/mol. The summed E-state index contributed by atoms with van der Waals surface area (Å²) in [4.78, 5) is 73.8. The third-order valence-electron chi connectivity index (χ3n) is 13.0. The minimum absolute atomic E-state index is 0.0910. The van der Waals surface area contributed by atoms with Crippen LogP contribution in [0.2, 0.25) is 0 Å². The van der Waals surface area contributed by atoms with Gasteiger partial charge in [0.2, 0.25) is 11.8 Å². The first-order chi connectivity index (χ1) is 27.8. The summed E-state index contributed by atoms with van der Waals surface area (Å²) in [6, 6.07) is 10.6. The molecule has 8 atom stereocenters. The van der Waals surface area contributed by atoms with E-state index in [1.807, 2.05) is 61.8 Å². The maximum Gasteiger partial charge on any atom is 0.407 e. The number of piperidine rings is 2. The van der Waals surface area contributed by atoms with Gasteiger partial charge in [0.1, 0.15) is 23.7 Å². The number of aromatic nitrogens is 4. The summed E-state index contributed by atoms with van der Waals surface area (Å²) < 4.78 is 4.82. The number of benzene rings is 2. The van der Waals surface area contributed by atoms with Crippen LogP contribution in [-0.4, -0.2) is 102 Å². The molecule has 302 valence electrons. The number of ether oxygens (including phenoxy) is 1. The molecule has 4 aromatic rings. The van der Waals surface area contributed by atoms with E-state index < -0.39 is 24.3 Å². The first kappa shape index (κ1) is 37.7. The standard InChI is InChI=1S/C44H50N8O6/c1-21(2)36(49-43(55)58-6)41(53)51-32-17-26(32)20-35(51)40-46-30-14-11-25-15-23(9-12-28(25)37(30)48-40)7-8-24-10-13-29-31(16-24)47-39(45-29)34-19-27-18-33(27)52(34)42(54)38(22(3)4)50(5)44(56)57/h9-10,12-13,15-16,21-22,26-27,32-36,38H,11,14,17-20H2,1-6H3,(H,45,47)(H,46,48)(H,49,55)(H,56,57)/t26-,27-,32-,33-,34+,35+,36+,38+/m1/s1. The lowest BCUT2D eigenvalue weighted by Gasteiger charge is -2.35. The highest BCUT2D eigenvalue weighted by Gasteiger charge is 2.58. The summed E-state index contributed by atoms with van der Waals surface area (Å²) in [5.74, 6) is 8.53. The summed E-state index contributed by atoms with van der Waals surface area (Å²) in [6.07, 6.45) is 3.49. The van der Waals surface area contributed by atoms with Crippen LogP contribution < -0.4 is 5.32 Å². The third-order valence-corrected chi connectivity index (χ3v) is 13.0. The second-order valence-corrected chi connectivity index (χ2v) is 17.5. The molecule has 58 heavy (non-hydrogen) atoms. The number of amides is 4. The van der Waals surface area contributed by atoms with Crippen LogP contribution in [0.4, 0.5) is 9.59 Å². The molecule has 4 N–H and O–H groups in total. The van der Waals surface area contributed by atoms with Crippen molar-refractivity contribution in [3.63, 3.8) is 0 Å². The molecule has 3 aliphatic carbocycles. The van der Waals surface area contributed by atoms with Crippen LogP contribution in [0.5, 0.6) is 0 Å². The molecule has 4 amide bonds. The number of H-pyrrole nitrogens is 2. The van der Waals surface area contributed by atoms with E-state index in [1.165, 1.54) is 19.7 Å². The number of carbonyl (C=O) groups is 4. The lowest BCUT2D eigenvalue weighted by atomic mass is 9.91. The smallest absolute Gasteiger partial charge is 0.407 e. The molecular formula is C44H50N8O6. The molecule has 2 aromatic carbocycles. The Bertz CT molecular complexity index is 2410. The predicted molar refractivity (Wildman–Crippen MR) is 214 cm³/mol. The molecule has 14 heteroatoms. The van der Waals surface area contributed by atoms with Crippen LogP contribution in [0, 0.1) is 35.5 Å². The van der Waals surface area contributed by atoms with Crippen molar-refractivity contribution in [2.24, 2.45) is 23.7 Å². The highest BCUT2D eigenvalue weighted by atomic mass is 16.5. The van der Waals surface area contributed by atoms with Gasteiger partial charge >= 0.3 is 12.2 Å². The predicted octanol–water partition coefficient (Wildman–Crippen LogP) is 5.79. The highest BCUT2D eigenvalue weighted by Crippen LogP contribution is 2.55. The van der Waals surface area contributed by atoms with Crippen LogP contribution in [0.15, 0.2) is 36.4 Å². The van der Waals surface area contributed by atoms with E-state index in [9.17, 15) is 24.3 Å². The summed E-state index contributed by atoms with van der Waals surface area (Å²) in [7, 11) is 2.77. The number of hydrogen-bond acceptors (Lipinski definition) is 7. The molecule has 9 rings (SSSR count). The zero-order valence-corrected chi connectivity index (χ0v) is 33.7. The lowest BCUT2D eigenvalue weighted by molar-refractivity contribution is -0.140. The Morgan fingerprint density at radius 1 is 0.845 bits per heavy atom. The Labute approximate surface area is 337 Å². The van der Waals surface area contributed by atoms with Crippen molar-refractivity contribution in [2.75, 3.05) is 14.2 Å². The number of hydrogen-bond donors (Lipinski definition) is 4. The molecule has 2 saturated carbocycles. The first-order valence-corrected chi connectivity index (χ1v) is 20.5. The molecule has 0 bridgehead atoms. The topological polar surface area (TPSA) is 177 Å². The fourth-order valence-electron chi connectivity index (χ4n) is 9.83. The lowest BCUT2D eigenvalue weighted by Crippen LogP contribution is -2.52. The van der Waals surface area contributed by atoms with Crippen molar-refractivity contribution in [3.05, 3.63) is 70.4 Å². The average Bonchev–Trinajstić information content (AvgIpc) is 3.85. The average molecular weight is 787 g/mol. The van der Waals surface area contributed by atoms with Gasteiger partial charge in [-0.25, -0.2) is 19.6 Å². The van der Waals surface area contributed by atoms with Gasteiger partial charge in [-0.3, -0.25) is 14.5 Å². The number of nitrogens with zero attached hydrogens (tertiary/aromatic N) is 5. The number of rotatable bonds is 8. The van der Waals surface area contributed by atoms with E-state index in [2.05, 4.69) is 39.3 Å². The summed E-state index contributed by atoms with van der Waals surface area (Å²) in [5.41, 5.74) is 7.61. The normalized spacial score (nSPS) is 24.6. The van der Waals surface area contributed by atoms with Crippen molar-refractivity contribution < 1.29 is 29.0 Å². The Balaban J connectivity index is 0.919. The van der Waals surface area contributed by atoms with Crippen LogP contribution in [0.3, 0.4) is 0 Å². The summed E-state index contributed by atoms with van der Waals surface area (Å²) in [5, 5.41) is 12.4.